The molecule has 4 heteroatoms. The number of carbonyl (C=O) groups is 1. The van der Waals surface area contributed by atoms with Crippen LogP contribution in [0, 0.1) is 11.8 Å². The van der Waals surface area contributed by atoms with E-state index in [0.29, 0.717) is 27.4 Å². The minimum Gasteiger partial charge on any atom is -0.338 e. The molecule has 0 bridgehead atoms. The fraction of sp³-hybridized carbons (Fsp3) is 0.400. The van der Waals surface area contributed by atoms with Gasteiger partial charge in [0, 0.05) is 18.1 Å². The molecule has 19 heavy (non-hydrogen) atoms. The number of rotatable bonds is 1. The number of hydrogen-bond donors (Lipinski definition) is 0. The molecule has 0 aromatic heterocycles. The molecule has 0 saturated carbocycles. The highest BCUT2D eigenvalue weighted by Gasteiger charge is 2.35. The maximum atomic E-state index is 12.5. The van der Waals surface area contributed by atoms with E-state index in [4.69, 9.17) is 23.2 Å². The molecule has 0 N–H and O–H groups in total. The van der Waals surface area contributed by atoms with Crippen LogP contribution in [0.4, 0.5) is 0 Å². The lowest BCUT2D eigenvalue weighted by Gasteiger charge is -2.17. The average Bonchev–Trinajstić information content (AvgIpc) is 2.84. The van der Waals surface area contributed by atoms with Gasteiger partial charge in [0.1, 0.15) is 0 Å². The first-order valence-corrected chi connectivity index (χ1v) is 7.30. The van der Waals surface area contributed by atoms with Crippen LogP contribution in [-0.4, -0.2) is 23.9 Å². The van der Waals surface area contributed by atoms with Crippen molar-refractivity contribution in [3.8, 4) is 0 Å². The monoisotopic (exact) mass is 295 g/mol. The Kier molecular flexibility index (Phi) is 3.55. The fourth-order valence-corrected chi connectivity index (χ4v) is 3.38. The fourth-order valence-electron chi connectivity index (χ4n) is 3.01. The number of halogens is 2. The minimum atomic E-state index is 0.00176. The van der Waals surface area contributed by atoms with Crippen molar-refractivity contribution >= 4 is 29.1 Å². The van der Waals surface area contributed by atoms with Crippen LogP contribution in [0.25, 0.3) is 0 Å². The van der Waals surface area contributed by atoms with Gasteiger partial charge in [0.2, 0.25) is 0 Å². The van der Waals surface area contributed by atoms with Crippen molar-refractivity contribution < 1.29 is 4.79 Å². The lowest BCUT2D eigenvalue weighted by Crippen LogP contribution is -2.29. The van der Waals surface area contributed by atoms with E-state index in [1.54, 1.807) is 18.2 Å². The first-order valence-electron chi connectivity index (χ1n) is 6.54. The predicted octanol–water partition coefficient (Wildman–Crippen LogP) is 4.03. The summed E-state index contributed by atoms with van der Waals surface area (Å²) in [4.78, 5) is 14.4. The lowest BCUT2D eigenvalue weighted by molar-refractivity contribution is 0.0784. The van der Waals surface area contributed by atoms with Gasteiger partial charge in [-0.1, -0.05) is 35.4 Å². The van der Waals surface area contributed by atoms with Gasteiger partial charge in [0.05, 0.1) is 10.6 Å². The van der Waals surface area contributed by atoms with Gasteiger partial charge in [-0.3, -0.25) is 4.79 Å². The summed E-state index contributed by atoms with van der Waals surface area (Å²) >= 11 is 12.1. The van der Waals surface area contributed by atoms with Crippen LogP contribution in [0.1, 0.15) is 23.2 Å². The maximum absolute atomic E-state index is 12.5. The SMILES string of the molecule is O=C(c1cc(Cl)ccc1Cl)N1CC2CC=CCC2C1. The first kappa shape index (κ1) is 13.0. The Bertz CT molecular complexity index is 525. The molecule has 3 rings (SSSR count). The van der Waals surface area contributed by atoms with Crippen molar-refractivity contribution in [1.82, 2.24) is 4.90 Å². The first-order chi connectivity index (χ1) is 9.15. The van der Waals surface area contributed by atoms with Crippen LogP contribution < -0.4 is 0 Å². The van der Waals surface area contributed by atoms with E-state index in [9.17, 15) is 4.79 Å². The number of likely N-dealkylation sites (tertiary alicyclic amines) is 1. The number of carbonyl (C=O) groups excluding carboxylic acids is 1. The van der Waals surface area contributed by atoms with Crippen molar-refractivity contribution in [1.29, 1.82) is 0 Å². The molecule has 1 aliphatic carbocycles. The van der Waals surface area contributed by atoms with E-state index in [1.165, 1.54) is 0 Å². The molecule has 0 spiro atoms. The summed E-state index contributed by atoms with van der Waals surface area (Å²) in [6.07, 6.45) is 6.61. The molecular weight excluding hydrogens is 281 g/mol. The third-order valence-corrected chi connectivity index (χ3v) is 4.63. The summed E-state index contributed by atoms with van der Waals surface area (Å²) in [5.41, 5.74) is 0.515. The van der Waals surface area contributed by atoms with Gasteiger partial charge >= 0.3 is 0 Å². The molecular formula is C15H15Cl2NO. The highest BCUT2D eigenvalue weighted by molar-refractivity contribution is 6.35. The van der Waals surface area contributed by atoms with Crippen molar-refractivity contribution in [2.24, 2.45) is 11.8 Å². The van der Waals surface area contributed by atoms with E-state index in [2.05, 4.69) is 12.2 Å². The number of amides is 1. The predicted molar refractivity (Wildman–Crippen MR) is 77.7 cm³/mol. The third kappa shape index (κ3) is 2.52. The molecule has 2 atom stereocenters. The Morgan fingerprint density at radius 2 is 1.74 bits per heavy atom. The normalized spacial score (nSPS) is 25.5. The minimum absolute atomic E-state index is 0.00176. The van der Waals surface area contributed by atoms with Gasteiger partial charge in [-0.25, -0.2) is 0 Å². The maximum Gasteiger partial charge on any atom is 0.255 e. The number of nitrogens with zero attached hydrogens (tertiary/aromatic N) is 1. The quantitative estimate of drug-likeness (QED) is 0.716. The van der Waals surface area contributed by atoms with E-state index < -0.39 is 0 Å². The molecule has 100 valence electrons. The number of hydrogen-bond acceptors (Lipinski definition) is 1. The van der Waals surface area contributed by atoms with Crippen LogP contribution in [0.15, 0.2) is 30.4 Å². The smallest absolute Gasteiger partial charge is 0.255 e. The summed E-state index contributed by atoms with van der Waals surface area (Å²) in [6, 6.07) is 5.04. The molecule has 1 heterocycles. The van der Waals surface area contributed by atoms with E-state index in [0.717, 1.165) is 25.9 Å². The van der Waals surface area contributed by atoms with Gasteiger partial charge in [0.15, 0.2) is 0 Å². The molecule has 1 aromatic rings. The Labute approximate surface area is 123 Å². The highest BCUT2D eigenvalue weighted by atomic mass is 35.5. The third-order valence-electron chi connectivity index (χ3n) is 4.07. The molecule has 2 aliphatic rings. The summed E-state index contributed by atoms with van der Waals surface area (Å²) in [5, 5.41) is 1.02. The summed E-state index contributed by atoms with van der Waals surface area (Å²) < 4.78 is 0. The van der Waals surface area contributed by atoms with Crippen LogP contribution in [0.3, 0.4) is 0 Å². The number of allylic oxidation sites excluding steroid dienone is 2. The summed E-state index contributed by atoms with van der Waals surface area (Å²) in [5.74, 6) is 1.21. The zero-order valence-corrected chi connectivity index (χ0v) is 12.0. The summed E-state index contributed by atoms with van der Waals surface area (Å²) in [7, 11) is 0. The van der Waals surface area contributed by atoms with Gasteiger partial charge in [-0.2, -0.15) is 0 Å². The Morgan fingerprint density at radius 1 is 1.11 bits per heavy atom. The van der Waals surface area contributed by atoms with Crippen LogP contribution >= 0.6 is 23.2 Å². The zero-order valence-electron chi connectivity index (χ0n) is 10.5. The lowest BCUT2D eigenvalue weighted by atomic mass is 9.86. The molecule has 2 nitrogen and oxygen atoms in total. The standard InChI is InChI=1S/C15H15Cl2NO/c16-12-5-6-14(17)13(7-12)15(19)18-8-10-3-1-2-4-11(10)9-18/h1-2,5-7,10-11H,3-4,8-9H2. The molecule has 1 aromatic carbocycles. The van der Waals surface area contributed by atoms with E-state index in [-0.39, 0.29) is 5.91 Å². The second-order valence-electron chi connectivity index (χ2n) is 5.30. The highest BCUT2D eigenvalue weighted by Crippen LogP contribution is 2.34. The van der Waals surface area contributed by atoms with Crippen LogP contribution in [0.2, 0.25) is 10.0 Å². The molecule has 0 radical (unpaired) electrons. The van der Waals surface area contributed by atoms with Gasteiger partial charge in [0.25, 0.3) is 5.91 Å². The zero-order chi connectivity index (χ0) is 13.4. The second kappa shape index (κ2) is 5.18. The van der Waals surface area contributed by atoms with Gasteiger partial charge in [-0.15, -0.1) is 0 Å². The average molecular weight is 296 g/mol. The van der Waals surface area contributed by atoms with Crippen molar-refractivity contribution in [2.75, 3.05) is 13.1 Å². The van der Waals surface area contributed by atoms with E-state index >= 15 is 0 Å². The molecule has 1 aliphatic heterocycles. The van der Waals surface area contributed by atoms with Crippen molar-refractivity contribution in [3.05, 3.63) is 46.0 Å². The van der Waals surface area contributed by atoms with Crippen LogP contribution in [-0.2, 0) is 0 Å². The summed E-state index contributed by atoms with van der Waals surface area (Å²) in [6.45, 7) is 1.66. The van der Waals surface area contributed by atoms with Crippen LogP contribution in [0.5, 0.6) is 0 Å². The number of fused-ring (bicyclic) bond motifs is 1. The number of benzene rings is 1. The van der Waals surface area contributed by atoms with Gasteiger partial charge < -0.3 is 4.90 Å². The largest absolute Gasteiger partial charge is 0.338 e. The van der Waals surface area contributed by atoms with Crippen molar-refractivity contribution in [2.45, 2.75) is 12.8 Å². The Balaban J connectivity index is 1.80. The molecule has 1 saturated heterocycles. The second-order valence-corrected chi connectivity index (χ2v) is 6.14. The molecule has 2 unspecified atom stereocenters. The Hall–Kier alpha value is -0.990. The van der Waals surface area contributed by atoms with E-state index in [1.807, 2.05) is 4.90 Å². The topological polar surface area (TPSA) is 20.3 Å². The molecule has 1 amide bonds. The molecule has 1 fully saturated rings. The Morgan fingerprint density at radius 3 is 2.37 bits per heavy atom. The van der Waals surface area contributed by atoms with Crippen molar-refractivity contribution in [3.63, 3.8) is 0 Å². The van der Waals surface area contributed by atoms with Gasteiger partial charge in [-0.05, 0) is 42.9 Å².